The highest BCUT2D eigenvalue weighted by Gasteiger charge is 2.15. The lowest BCUT2D eigenvalue weighted by molar-refractivity contribution is 0.353. The minimum absolute atomic E-state index is 0.603. The Morgan fingerprint density at radius 2 is 1.79 bits per heavy atom. The minimum atomic E-state index is 0.603. The molecular formula is C19H17Br2N3O3S. The maximum atomic E-state index is 5.40. The van der Waals surface area contributed by atoms with E-state index >= 15 is 0 Å². The molecule has 0 bridgehead atoms. The van der Waals surface area contributed by atoms with Crippen molar-refractivity contribution in [3.05, 3.63) is 50.2 Å². The largest absolute Gasteiger partial charge is 0.496 e. The monoisotopic (exact) mass is 525 g/mol. The Kier molecular flexibility index (Phi) is 6.93. The maximum Gasteiger partial charge on any atom is 0.203 e. The van der Waals surface area contributed by atoms with E-state index in [9.17, 15) is 0 Å². The zero-order chi connectivity index (χ0) is 20.1. The molecule has 0 aliphatic rings. The summed E-state index contributed by atoms with van der Waals surface area (Å²) in [5.74, 6) is 1.99. The van der Waals surface area contributed by atoms with Crippen LogP contribution in [0, 0.1) is 0 Å². The second-order valence-corrected chi connectivity index (χ2v) is 7.88. The SMILES string of the molecule is COc1ccccc1-c1csc(N/N=C/c2cc(OC)c(OC)c(Br)c2Br)n1. The molecule has 0 saturated heterocycles. The molecular weight excluding hydrogens is 510 g/mol. The van der Waals surface area contributed by atoms with Gasteiger partial charge in [-0.3, -0.25) is 5.43 Å². The Labute approximate surface area is 183 Å². The second kappa shape index (κ2) is 9.40. The molecule has 3 rings (SSSR count). The van der Waals surface area contributed by atoms with Crippen molar-refractivity contribution in [3.8, 4) is 28.5 Å². The average molecular weight is 527 g/mol. The molecule has 0 aliphatic carbocycles. The fourth-order valence-electron chi connectivity index (χ4n) is 2.50. The van der Waals surface area contributed by atoms with Crippen molar-refractivity contribution in [1.82, 2.24) is 4.98 Å². The van der Waals surface area contributed by atoms with Gasteiger partial charge in [0.1, 0.15) is 5.75 Å². The molecule has 28 heavy (non-hydrogen) atoms. The van der Waals surface area contributed by atoms with Crippen LogP contribution in [-0.4, -0.2) is 32.5 Å². The Morgan fingerprint density at radius 1 is 1.04 bits per heavy atom. The zero-order valence-electron chi connectivity index (χ0n) is 15.3. The number of nitrogens with one attached hydrogen (secondary N) is 1. The van der Waals surface area contributed by atoms with Crippen LogP contribution < -0.4 is 19.6 Å². The van der Waals surface area contributed by atoms with Crippen molar-refractivity contribution in [3.63, 3.8) is 0 Å². The molecule has 3 aromatic rings. The van der Waals surface area contributed by atoms with Gasteiger partial charge >= 0.3 is 0 Å². The normalized spacial score (nSPS) is 10.9. The average Bonchev–Trinajstić information content (AvgIpc) is 3.19. The number of aromatic nitrogens is 1. The number of nitrogens with zero attached hydrogens (tertiary/aromatic N) is 2. The van der Waals surface area contributed by atoms with Crippen LogP contribution >= 0.6 is 43.2 Å². The van der Waals surface area contributed by atoms with Crippen molar-refractivity contribution < 1.29 is 14.2 Å². The maximum absolute atomic E-state index is 5.40. The molecule has 9 heteroatoms. The summed E-state index contributed by atoms with van der Waals surface area (Å²) in [5, 5.41) is 6.92. The standard InChI is InChI=1S/C19H17Br2N3O3S/c1-25-14-7-5-4-6-12(14)13-10-28-19(23-13)24-22-9-11-8-15(26-2)18(27-3)17(21)16(11)20/h4-10H,1-3H3,(H,23,24)/b22-9+. The Bertz CT molecular complexity index is 1010. The fraction of sp³-hybridized carbons (Fsp3) is 0.158. The van der Waals surface area contributed by atoms with E-state index in [2.05, 4.69) is 47.4 Å². The summed E-state index contributed by atoms with van der Waals surface area (Å²) in [5.41, 5.74) is 5.54. The van der Waals surface area contributed by atoms with Gasteiger partial charge in [-0.05, 0) is 50.1 Å². The van der Waals surface area contributed by atoms with Crippen LogP contribution in [0.3, 0.4) is 0 Å². The number of halogens is 2. The molecule has 0 aliphatic heterocycles. The van der Waals surface area contributed by atoms with E-state index in [4.69, 9.17) is 14.2 Å². The van der Waals surface area contributed by atoms with Gasteiger partial charge in [-0.25, -0.2) is 4.98 Å². The molecule has 1 N–H and O–H groups in total. The third-order valence-electron chi connectivity index (χ3n) is 3.83. The summed E-state index contributed by atoms with van der Waals surface area (Å²) in [6, 6.07) is 9.60. The summed E-state index contributed by atoms with van der Waals surface area (Å²) in [7, 11) is 4.83. The van der Waals surface area contributed by atoms with Crippen molar-refractivity contribution in [2.75, 3.05) is 26.8 Å². The predicted octanol–water partition coefficient (Wildman–Crippen LogP) is 5.81. The molecule has 0 saturated carbocycles. The number of benzene rings is 2. The van der Waals surface area contributed by atoms with Gasteiger partial charge in [-0.1, -0.05) is 12.1 Å². The summed E-state index contributed by atoms with van der Waals surface area (Å²) < 4.78 is 17.7. The van der Waals surface area contributed by atoms with Gasteiger partial charge in [0.15, 0.2) is 11.5 Å². The highest BCUT2D eigenvalue weighted by atomic mass is 79.9. The van der Waals surface area contributed by atoms with E-state index in [1.165, 1.54) is 11.3 Å². The van der Waals surface area contributed by atoms with Crippen molar-refractivity contribution in [1.29, 1.82) is 0 Å². The van der Waals surface area contributed by atoms with E-state index < -0.39 is 0 Å². The number of ether oxygens (including phenoxy) is 3. The molecule has 0 spiro atoms. The van der Waals surface area contributed by atoms with Gasteiger partial charge in [-0.2, -0.15) is 5.10 Å². The number of para-hydroxylation sites is 1. The van der Waals surface area contributed by atoms with Crippen LogP contribution in [0.4, 0.5) is 5.13 Å². The number of rotatable bonds is 7. The Hall–Kier alpha value is -2.10. The first-order chi connectivity index (χ1) is 13.6. The number of hydrogen-bond acceptors (Lipinski definition) is 7. The first kappa shape index (κ1) is 20.6. The lowest BCUT2D eigenvalue weighted by Crippen LogP contribution is -1.97. The van der Waals surface area contributed by atoms with Crippen LogP contribution in [0.5, 0.6) is 17.2 Å². The highest BCUT2D eigenvalue weighted by Crippen LogP contribution is 2.42. The van der Waals surface area contributed by atoms with Crippen LogP contribution in [0.15, 0.2) is 49.8 Å². The van der Waals surface area contributed by atoms with Gasteiger partial charge in [0.2, 0.25) is 5.13 Å². The predicted molar refractivity (Wildman–Crippen MR) is 120 cm³/mol. The summed E-state index contributed by atoms with van der Waals surface area (Å²) in [6.07, 6.45) is 1.68. The molecule has 0 radical (unpaired) electrons. The summed E-state index contributed by atoms with van der Waals surface area (Å²) >= 11 is 8.51. The van der Waals surface area contributed by atoms with E-state index in [1.54, 1.807) is 27.5 Å². The quantitative estimate of drug-likeness (QED) is 0.311. The molecule has 1 heterocycles. The molecule has 0 unspecified atom stereocenters. The van der Waals surface area contributed by atoms with Crippen LogP contribution in [0.1, 0.15) is 5.56 Å². The first-order valence-electron chi connectivity index (χ1n) is 8.07. The number of methoxy groups -OCH3 is 3. The van der Waals surface area contributed by atoms with Crippen molar-refractivity contribution in [2.45, 2.75) is 0 Å². The Balaban J connectivity index is 1.79. The minimum Gasteiger partial charge on any atom is -0.496 e. The second-order valence-electron chi connectivity index (χ2n) is 5.44. The van der Waals surface area contributed by atoms with Gasteiger partial charge < -0.3 is 14.2 Å². The van der Waals surface area contributed by atoms with Gasteiger partial charge in [0.25, 0.3) is 0 Å². The van der Waals surface area contributed by atoms with Crippen molar-refractivity contribution in [2.24, 2.45) is 5.10 Å². The fourth-order valence-corrected chi connectivity index (χ4v) is 4.15. The molecule has 0 atom stereocenters. The lowest BCUT2D eigenvalue weighted by Gasteiger charge is -2.12. The molecule has 6 nitrogen and oxygen atoms in total. The number of anilines is 1. The highest BCUT2D eigenvalue weighted by molar-refractivity contribution is 9.13. The molecule has 1 aromatic heterocycles. The van der Waals surface area contributed by atoms with Gasteiger partial charge in [-0.15, -0.1) is 11.3 Å². The van der Waals surface area contributed by atoms with Crippen LogP contribution in [-0.2, 0) is 0 Å². The number of thiazole rings is 1. The molecule has 146 valence electrons. The molecule has 0 fully saturated rings. The summed E-state index contributed by atoms with van der Waals surface area (Å²) in [6.45, 7) is 0. The third kappa shape index (κ3) is 4.31. The van der Waals surface area contributed by atoms with Gasteiger partial charge in [0, 0.05) is 21.0 Å². The van der Waals surface area contributed by atoms with E-state index in [1.807, 2.05) is 35.7 Å². The number of hydrazone groups is 1. The smallest absolute Gasteiger partial charge is 0.203 e. The number of hydrogen-bond donors (Lipinski definition) is 1. The third-order valence-corrected chi connectivity index (χ3v) is 6.72. The summed E-state index contributed by atoms with van der Waals surface area (Å²) in [4.78, 5) is 4.57. The first-order valence-corrected chi connectivity index (χ1v) is 10.5. The lowest BCUT2D eigenvalue weighted by atomic mass is 10.1. The van der Waals surface area contributed by atoms with Gasteiger partial charge in [0.05, 0.1) is 37.7 Å². The van der Waals surface area contributed by atoms with E-state index in [-0.39, 0.29) is 0 Å². The zero-order valence-corrected chi connectivity index (χ0v) is 19.3. The topological polar surface area (TPSA) is 65.0 Å². The van der Waals surface area contributed by atoms with E-state index in [0.717, 1.165) is 31.5 Å². The molecule has 0 amide bonds. The van der Waals surface area contributed by atoms with Crippen LogP contribution in [0.25, 0.3) is 11.3 Å². The Morgan fingerprint density at radius 3 is 2.50 bits per heavy atom. The molecule has 2 aromatic carbocycles. The van der Waals surface area contributed by atoms with Crippen molar-refractivity contribution >= 4 is 54.5 Å². The van der Waals surface area contributed by atoms with Crippen LogP contribution in [0.2, 0.25) is 0 Å². The van der Waals surface area contributed by atoms with E-state index in [0.29, 0.717) is 16.6 Å².